The molecule has 0 aliphatic rings. The van der Waals surface area contributed by atoms with E-state index in [2.05, 4.69) is 0 Å². The van der Waals surface area contributed by atoms with E-state index in [9.17, 15) is 4.79 Å². The molecule has 1 amide bonds. The third-order valence-corrected chi connectivity index (χ3v) is 0.942. The minimum absolute atomic E-state index is 0.135. The monoisotopic (exact) mass is 143 g/mol. The summed E-state index contributed by atoms with van der Waals surface area (Å²) in [4.78, 5) is 15.7. The lowest BCUT2D eigenvalue weighted by Gasteiger charge is -2.12. The largest absolute Gasteiger partial charge is 0.271 e. The van der Waals surface area contributed by atoms with E-state index in [1.807, 2.05) is 6.92 Å². The Morgan fingerprint density at radius 2 is 2.30 bits per heavy atom. The van der Waals surface area contributed by atoms with Crippen LogP contribution in [-0.2, 0) is 9.63 Å². The molecular weight excluding hydrogens is 130 g/mol. The number of hydrogen-bond acceptors (Lipinski definition) is 2. The molecule has 0 unspecified atom stereocenters. The molecule has 0 aliphatic carbocycles. The summed E-state index contributed by atoms with van der Waals surface area (Å²) in [5, 5.41) is 1.21. The minimum atomic E-state index is -0.135. The molecule has 10 heavy (non-hydrogen) atoms. The third kappa shape index (κ3) is 3.25. The predicted octanol–water partition coefficient (Wildman–Crippen LogP) is 0.972. The Labute approximate surface area is 61.2 Å². The summed E-state index contributed by atoms with van der Waals surface area (Å²) in [6.45, 7) is 4.14. The minimum Gasteiger partial charge on any atom is -0.271 e. The van der Waals surface area contributed by atoms with E-state index in [0.29, 0.717) is 6.61 Å². The SMILES string of the molecule is C/C=C/C(=O)N(C)OCC. The van der Waals surface area contributed by atoms with Crippen molar-refractivity contribution in [1.29, 1.82) is 0 Å². The molecule has 0 radical (unpaired) electrons. The average molecular weight is 143 g/mol. The number of hydrogen-bond donors (Lipinski definition) is 0. The maximum absolute atomic E-state index is 10.8. The number of rotatable bonds is 3. The van der Waals surface area contributed by atoms with Gasteiger partial charge in [-0.05, 0) is 13.8 Å². The van der Waals surface area contributed by atoms with Crippen molar-refractivity contribution in [3.63, 3.8) is 0 Å². The molecule has 3 heteroatoms. The molecule has 0 saturated carbocycles. The first kappa shape index (κ1) is 9.17. The van der Waals surface area contributed by atoms with E-state index >= 15 is 0 Å². The lowest BCUT2D eigenvalue weighted by atomic mass is 10.5. The van der Waals surface area contributed by atoms with Crippen LogP contribution in [0.25, 0.3) is 0 Å². The van der Waals surface area contributed by atoms with E-state index in [1.165, 1.54) is 11.1 Å². The summed E-state index contributed by atoms with van der Waals surface area (Å²) in [6.07, 6.45) is 3.13. The van der Waals surface area contributed by atoms with Crippen LogP contribution in [0.5, 0.6) is 0 Å². The summed E-state index contributed by atoms with van der Waals surface area (Å²) < 4.78 is 0. The van der Waals surface area contributed by atoms with Crippen molar-refractivity contribution in [3.05, 3.63) is 12.2 Å². The number of carbonyl (C=O) groups excluding carboxylic acids is 1. The molecule has 3 nitrogen and oxygen atoms in total. The van der Waals surface area contributed by atoms with E-state index in [1.54, 1.807) is 20.0 Å². The van der Waals surface area contributed by atoms with E-state index in [0.717, 1.165) is 0 Å². The van der Waals surface area contributed by atoms with Gasteiger partial charge in [0, 0.05) is 13.1 Å². The van der Waals surface area contributed by atoms with Gasteiger partial charge in [0.2, 0.25) is 0 Å². The van der Waals surface area contributed by atoms with Crippen LogP contribution in [0.2, 0.25) is 0 Å². The molecule has 58 valence electrons. The lowest BCUT2D eigenvalue weighted by molar-refractivity contribution is -0.170. The second-order valence-electron chi connectivity index (χ2n) is 1.75. The molecule has 0 bridgehead atoms. The molecule has 0 aromatic heterocycles. The molecule has 0 N–H and O–H groups in total. The van der Waals surface area contributed by atoms with Crippen molar-refractivity contribution in [2.75, 3.05) is 13.7 Å². The van der Waals surface area contributed by atoms with Gasteiger partial charge in [-0.1, -0.05) is 6.08 Å². The Balaban J connectivity index is 3.70. The molecule has 0 heterocycles. The van der Waals surface area contributed by atoms with Gasteiger partial charge in [0.15, 0.2) is 0 Å². The van der Waals surface area contributed by atoms with Gasteiger partial charge in [-0.2, -0.15) is 0 Å². The zero-order valence-electron chi connectivity index (χ0n) is 6.63. The molecule has 0 aromatic rings. The topological polar surface area (TPSA) is 29.5 Å². The van der Waals surface area contributed by atoms with Crippen LogP contribution in [0.1, 0.15) is 13.8 Å². The van der Waals surface area contributed by atoms with Gasteiger partial charge in [-0.3, -0.25) is 9.63 Å². The first-order valence-corrected chi connectivity index (χ1v) is 3.25. The lowest BCUT2D eigenvalue weighted by Crippen LogP contribution is -2.24. The summed E-state index contributed by atoms with van der Waals surface area (Å²) in [6, 6.07) is 0. The van der Waals surface area contributed by atoms with Crippen LogP contribution in [0.4, 0.5) is 0 Å². The third-order valence-electron chi connectivity index (χ3n) is 0.942. The summed E-state index contributed by atoms with van der Waals surface area (Å²) in [5.74, 6) is -0.135. The van der Waals surface area contributed by atoms with Gasteiger partial charge in [-0.15, -0.1) is 0 Å². The Morgan fingerprint density at radius 1 is 1.70 bits per heavy atom. The average Bonchev–Trinajstić information content (AvgIpc) is 1.89. The Bertz CT molecular complexity index is 132. The zero-order valence-corrected chi connectivity index (χ0v) is 6.63. The smallest absolute Gasteiger partial charge is 0.269 e. The van der Waals surface area contributed by atoms with E-state index in [4.69, 9.17) is 4.84 Å². The van der Waals surface area contributed by atoms with Crippen molar-refractivity contribution < 1.29 is 9.63 Å². The van der Waals surface area contributed by atoms with Crippen LogP contribution in [0.15, 0.2) is 12.2 Å². The van der Waals surface area contributed by atoms with Crippen LogP contribution in [0.3, 0.4) is 0 Å². The highest BCUT2D eigenvalue weighted by molar-refractivity contribution is 5.86. The van der Waals surface area contributed by atoms with Crippen LogP contribution in [0, 0.1) is 0 Å². The van der Waals surface area contributed by atoms with Crippen molar-refractivity contribution in [2.45, 2.75) is 13.8 Å². The van der Waals surface area contributed by atoms with Crippen LogP contribution >= 0.6 is 0 Å². The van der Waals surface area contributed by atoms with Gasteiger partial charge < -0.3 is 0 Å². The highest BCUT2D eigenvalue weighted by Crippen LogP contribution is 1.87. The quantitative estimate of drug-likeness (QED) is 0.435. The highest BCUT2D eigenvalue weighted by Gasteiger charge is 2.01. The fourth-order valence-corrected chi connectivity index (χ4v) is 0.505. The Kier molecular flexibility index (Phi) is 4.58. The zero-order chi connectivity index (χ0) is 7.98. The van der Waals surface area contributed by atoms with E-state index in [-0.39, 0.29) is 5.91 Å². The van der Waals surface area contributed by atoms with Crippen molar-refractivity contribution in [1.82, 2.24) is 5.06 Å². The van der Waals surface area contributed by atoms with Gasteiger partial charge in [0.05, 0.1) is 6.61 Å². The number of allylic oxidation sites excluding steroid dienone is 1. The fourth-order valence-electron chi connectivity index (χ4n) is 0.505. The molecular formula is C7H13NO2. The number of hydroxylamine groups is 2. The number of carbonyl (C=O) groups is 1. The van der Waals surface area contributed by atoms with Gasteiger partial charge in [0.25, 0.3) is 5.91 Å². The fraction of sp³-hybridized carbons (Fsp3) is 0.571. The highest BCUT2D eigenvalue weighted by atomic mass is 16.7. The normalized spacial score (nSPS) is 10.3. The second-order valence-corrected chi connectivity index (χ2v) is 1.75. The summed E-state index contributed by atoms with van der Waals surface area (Å²) in [7, 11) is 1.59. The number of nitrogens with zero attached hydrogens (tertiary/aromatic N) is 1. The summed E-state index contributed by atoms with van der Waals surface area (Å²) >= 11 is 0. The Morgan fingerprint density at radius 3 is 2.70 bits per heavy atom. The first-order chi connectivity index (χ1) is 4.72. The van der Waals surface area contributed by atoms with Crippen molar-refractivity contribution in [3.8, 4) is 0 Å². The van der Waals surface area contributed by atoms with E-state index < -0.39 is 0 Å². The maximum atomic E-state index is 10.8. The standard InChI is InChI=1S/C7H13NO2/c1-4-6-7(9)8(3)10-5-2/h4,6H,5H2,1-3H3/b6-4+. The van der Waals surface area contributed by atoms with Crippen LogP contribution < -0.4 is 0 Å². The predicted molar refractivity (Wildman–Crippen MR) is 39.2 cm³/mol. The maximum Gasteiger partial charge on any atom is 0.269 e. The van der Waals surface area contributed by atoms with Gasteiger partial charge in [0.1, 0.15) is 0 Å². The number of amides is 1. The van der Waals surface area contributed by atoms with Gasteiger partial charge >= 0.3 is 0 Å². The molecule has 0 atom stereocenters. The van der Waals surface area contributed by atoms with Crippen LogP contribution in [-0.4, -0.2) is 24.6 Å². The Hall–Kier alpha value is -0.830. The summed E-state index contributed by atoms with van der Waals surface area (Å²) in [5.41, 5.74) is 0. The molecule has 0 saturated heterocycles. The first-order valence-electron chi connectivity index (χ1n) is 3.25. The molecule has 0 aromatic carbocycles. The van der Waals surface area contributed by atoms with Gasteiger partial charge in [-0.25, -0.2) is 5.06 Å². The number of likely N-dealkylation sites (N-methyl/N-ethyl adjacent to an activating group) is 1. The molecule has 0 spiro atoms. The molecule has 0 aliphatic heterocycles. The van der Waals surface area contributed by atoms with Crippen molar-refractivity contribution >= 4 is 5.91 Å². The van der Waals surface area contributed by atoms with Crippen molar-refractivity contribution in [2.24, 2.45) is 0 Å². The second kappa shape index (κ2) is 4.99. The molecule has 0 rings (SSSR count). The molecule has 0 fully saturated rings.